The number of nitrogens with zero attached hydrogens (tertiary/aromatic N) is 1. The maximum Gasteiger partial charge on any atom is 0.00985 e. The van der Waals surface area contributed by atoms with Crippen molar-refractivity contribution >= 4 is 0 Å². The first-order chi connectivity index (χ1) is 7.29. The van der Waals surface area contributed by atoms with Gasteiger partial charge in [-0.3, -0.25) is 0 Å². The first kappa shape index (κ1) is 11.4. The number of piperidine rings is 1. The van der Waals surface area contributed by atoms with Crippen molar-refractivity contribution in [2.75, 3.05) is 20.1 Å². The Labute approximate surface area is 94.4 Å². The van der Waals surface area contributed by atoms with Gasteiger partial charge in [0.05, 0.1) is 0 Å². The van der Waals surface area contributed by atoms with Crippen LogP contribution in [-0.2, 0) is 0 Å². The Bertz CT molecular complexity index is 193. The second kappa shape index (κ2) is 5.31. The molecule has 1 heterocycles. The lowest BCUT2D eigenvalue weighted by atomic mass is 10.1. The van der Waals surface area contributed by atoms with Gasteiger partial charge in [0.2, 0.25) is 0 Å². The Morgan fingerprint density at radius 1 is 1.33 bits per heavy atom. The second-order valence-electron chi connectivity index (χ2n) is 5.51. The molecule has 15 heavy (non-hydrogen) atoms. The monoisotopic (exact) mass is 210 g/mol. The van der Waals surface area contributed by atoms with E-state index in [0.29, 0.717) is 6.04 Å². The first-order valence-corrected chi connectivity index (χ1v) is 6.71. The van der Waals surface area contributed by atoms with Gasteiger partial charge >= 0.3 is 0 Å². The van der Waals surface area contributed by atoms with Crippen molar-refractivity contribution < 1.29 is 0 Å². The predicted octanol–water partition coefficient (Wildman–Crippen LogP) is 2.25. The zero-order chi connectivity index (χ0) is 10.7. The van der Waals surface area contributed by atoms with Crippen LogP contribution in [0.15, 0.2) is 0 Å². The topological polar surface area (TPSA) is 15.3 Å². The number of likely N-dealkylation sites (tertiary alicyclic amines) is 1. The molecule has 3 unspecified atom stereocenters. The van der Waals surface area contributed by atoms with Crippen molar-refractivity contribution in [1.29, 1.82) is 0 Å². The van der Waals surface area contributed by atoms with Crippen molar-refractivity contribution in [3.05, 3.63) is 0 Å². The van der Waals surface area contributed by atoms with E-state index < -0.39 is 0 Å². The zero-order valence-electron chi connectivity index (χ0n) is 10.3. The number of nitrogens with one attached hydrogen (secondary N) is 1. The molecule has 2 nitrogen and oxygen atoms in total. The number of hydrogen-bond donors (Lipinski definition) is 1. The summed E-state index contributed by atoms with van der Waals surface area (Å²) in [6.07, 6.45) is 8.62. The normalized spacial score (nSPS) is 32.4. The van der Waals surface area contributed by atoms with Crippen molar-refractivity contribution in [3.63, 3.8) is 0 Å². The van der Waals surface area contributed by atoms with Crippen molar-refractivity contribution in [3.8, 4) is 0 Å². The number of unbranched alkanes of at least 4 members (excludes halogenated alkanes) is 1. The van der Waals surface area contributed by atoms with Crippen LogP contribution < -0.4 is 5.32 Å². The van der Waals surface area contributed by atoms with Gasteiger partial charge in [0, 0.05) is 18.6 Å². The highest BCUT2D eigenvalue weighted by Gasteiger charge is 2.36. The quantitative estimate of drug-likeness (QED) is 0.676. The molecule has 1 aliphatic carbocycles. The van der Waals surface area contributed by atoms with E-state index in [0.717, 1.165) is 12.0 Å². The summed E-state index contributed by atoms with van der Waals surface area (Å²) in [6.45, 7) is 5.04. The van der Waals surface area contributed by atoms with E-state index in [1.54, 1.807) is 0 Å². The van der Waals surface area contributed by atoms with Crippen molar-refractivity contribution in [2.45, 2.75) is 57.5 Å². The Balaban J connectivity index is 1.55. The fraction of sp³-hybridized carbons (Fsp3) is 1.00. The third kappa shape index (κ3) is 2.94. The second-order valence-corrected chi connectivity index (χ2v) is 5.51. The number of hydrogen-bond acceptors (Lipinski definition) is 2. The van der Waals surface area contributed by atoms with Crippen LogP contribution in [0.1, 0.15) is 45.4 Å². The lowest BCUT2D eigenvalue weighted by molar-refractivity contribution is 0.208. The van der Waals surface area contributed by atoms with Gasteiger partial charge < -0.3 is 10.2 Å². The van der Waals surface area contributed by atoms with E-state index in [4.69, 9.17) is 0 Å². The summed E-state index contributed by atoms with van der Waals surface area (Å²) in [5.41, 5.74) is 0. The molecule has 0 aromatic rings. The summed E-state index contributed by atoms with van der Waals surface area (Å²) < 4.78 is 0. The maximum absolute atomic E-state index is 3.31. The summed E-state index contributed by atoms with van der Waals surface area (Å²) in [5, 5.41) is 3.31. The highest BCUT2D eigenvalue weighted by Crippen LogP contribution is 2.37. The van der Waals surface area contributed by atoms with Gasteiger partial charge in [-0.15, -0.1) is 0 Å². The molecule has 0 aromatic heterocycles. The molecule has 2 bridgehead atoms. The number of rotatable bonds is 6. The average Bonchev–Trinajstić information content (AvgIpc) is 2.85. The third-order valence-corrected chi connectivity index (χ3v) is 4.35. The molecule has 3 atom stereocenters. The molecule has 0 radical (unpaired) electrons. The van der Waals surface area contributed by atoms with Gasteiger partial charge in [0.1, 0.15) is 0 Å². The molecule has 0 spiro atoms. The molecule has 0 aromatic carbocycles. The summed E-state index contributed by atoms with van der Waals surface area (Å²) >= 11 is 0. The van der Waals surface area contributed by atoms with Gasteiger partial charge in [0.25, 0.3) is 0 Å². The standard InChI is InChI=1S/C13H26N2/c1-11(14-2)5-3-4-8-15-10-12-6-7-13(15)9-12/h11-14H,3-10H2,1-2H3. The minimum absolute atomic E-state index is 0.694. The van der Waals surface area contributed by atoms with Crippen LogP contribution >= 0.6 is 0 Å². The summed E-state index contributed by atoms with van der Waals surface area (Å²) in [5.74, 6) is 1.06. The predicted molar refractivity (Wildman–Crippen MR) is 65.1 cm³/mol. The molecule has 1 N–H and O–H groups in total. The van der Waals surface area contributed by atoms with Crippen LogP contribution in [0.4, 0.5) is 0 Å². The number of fused-ring (bicyclic) bond motifs is 2. The lowest BCUT2D eigenvalue weighted by Gasteiger charge is -2.26. The van der Waals surface area contributed by atoms with Gasteiger partial charge in [-0.25, -0.2) is 0 Å². The fourth-order valence-corrected chi connectivity index (χ4v) is 3.21. The third-order valence-electron chi connectivity index (χ3n) is 4.35. The molecule has 2 heteroatoms. The Morgan fingerprint density at radius 2 is 2.20 bits per heavy atom. The highest BCUT2D eigenvalue weighted by atomic mass is 15.2. The minimum atomic E-state index is 0.694. The summed E-state index contributed by atoms with van der Waals surface area (Å²) in [7, 11) is 2.06. The zero-order valence-corrected chi connectivity index (χ0v) is 10.3. The minimum Gasteiger partial charge on any atom is -0.317 e. The summed E-state index contributed by atoms with van der Waals surface area (Å²) in [6, 6.07) is 1.66. The van der Waals surface area contributed by atoms with E-state index in [-0.39, 0.29) is 0 Å². The van der Waals surface area contributed by atoms with E-state index in [1.165, 1.54) is 51.6 Å². The van der Waals surface area contributed by atoms with Gasteiger partial charge in [-0.2, -0.15) is 0 Å². The van der Waals surface area contributed by atoms with Crippen LogP contribution in [0, 0.1) is 5.92 Å². The molecular formula is C13H26N2. The maximum atomic E-state index is 3.31. The van der Waals surface area contributed by atoms with Gasteiger partial charge in [-0.1, -0.05) is 6.42 Å². The van der Waals surface area contributed by atoms with Gasteiger partial charge in [-0.05, 0) is 58.5 Å². The van der Waals surface area contributed by atoms with E-state index >= 15 is 0 Å². The average molecular weight is 210 g/mol. The van der Waals surface area contributed by atoms with E-state index in [9.17, 15) is 0 Å². The SMILES string of the molecule is CNC(C)CCCCN1CC2CCC1C2. The molecule has 1 aliphatic heterocycles. The van der Waals surface area contributed by atoms with E-state index in [1.807, 2.05) is 0 Å². The van der Waals surface area contributed by atoms with Crippen LogP contribution in [0.5, 0.6) is 0 Å². The lowest BCUT2D eigenvalue weighted by Crippen LogP contribution is -2.33. The van der Waals surface area contributed by atoms with Crippen LogP contribution in [0.2, 0.25) is 0 Å². The molecule has 88 valence electrons. The molecule has 2 rings (SSSR count). The van der Waals surface area contributed by atoms with Crippen LogP contribution in [0.3, 0.4) is 0 Å². The van der Waals surface area contributed by atoms with Crippen molar-refractivity contribution in [1.82, 2.24) is 10.2 Å². The van der Waals surface area contributed by atoms with Crippen LogP contribution in [-0.4, -0.2) is 37.1 Å². The van der Waals surface area contributed by atoms with Crippen molar-refractivity contribution in [2.24, 2.45) is 5.92 Å². The molecule has 2 aliphatic rings. The van der Waals surface area contributed by atoms with Gasteiger partial charge in [0.15, 0.2) is 0 Å². The smallest absolute Gasteiger partial charge is 0.00985 e. The molecule has 2 fully saturated rings. The van der Waals surface area contributed by atoms with Crippen LogP contribution in [0.25, 0.3) is 0 Å². The molecule has 0 amide bonds. The first-order valence-electron chi connectivity index (χ1n) is 6.71. The Hall–Kier alpha value is -0.0800. The Kier molecular flexibility index (Phi) is 4.04. The summed E-state index contributed by atoms with van der Waals surface area (Å²) in [4.78, 5) is 2.75. The largest absolute Gasteiger partial charge is 0.317 e. The van der Waals surface area contributed by atoms with E-state index in [2.05, 4.69) is 24.2 Å². The fourth-order valence-electron chi connectivity index (χ4n) is 3.21. The molecule has 1 saturated carbocycles. The highest BCUT2D eigenvalue weighted by molar-refractivity contribution is 4.91. The Morgan fingerprint density at radius 3 is 2.80 bits per heavy atom. The molecule has 1 saturated heterocycles. The molecular weight excluding hydrogens is 184 g/mol.